The molecule has 8 heteroatoms. The molecule has 2 fully saturated rings. The molecule has 0 radical (unpaired) electrons. The van der Waals surface area contributed by atoms with Crippen molar-refractivity contribution in [2.24, 2.45) is 0 Å². The van der Waals surface area contributed by atoms with E-state index in [4.69, 9.17) is 4.74 Å². The molecule has 1 atom stereocenters. The van der Waals surface area contributed by atoms with Gasteiger partial charge in [0.2, 0.25) is 11.6 Å². The zero-order valence-corrected chi connectivity index (χ0v) is 17.2. The van der Waals surface area contributed by atoms with Gasteiger partial charge in [0.15, 0.2) is 6.61 Å². The lowest BCUT2D eigenvalue weighted by molar-refractivity contribution is -0.160. The Hall–Kier alpha value is -2.90. The zero-order chi connectivity index (χ0) is 21.3. The van der Waals surface area contributed by atoms with Crippen molar-refractivity contribution in [1.29, 1.82) is 0 Å². The highest BCUT2D eigenvalue weighted by Crippen LogP contribution is 2.45. The normalized spacial score (nSPS) is 23.4. The molecular formula is C22H27N3O5. The second kappa shape index (κ2) is 8.08. The van der Waals surface area contributed by atoms with Crippen LogP contribution in [0.4, 0.5) is 5.69 Å². The molecule has 1 aromatic carbocycles. The summed E-state index contributed by atoms with van der Waals surface area (Å²) in [6.45, 7) is 1.79. The van der Waals surface area contributed by atoms with Crippen LogP contribution in [0.1, 0.15) is 62.2 Å². The average Bonchev–Trinajstić information content (AvgIpc) is 3.38. The lowest BCUT2D eigenvalue weighted by Crippen LogP contribution is -2.68. The molecule has 8 nitrogen and oxygen atoms in total. The topological polar surface area (TPSA) is 96.0 Å². The van der Waals surface area contributed by atoms with E-state index in [0.717, 1.165) is 25.7 Å². The number of hydrogen-bond donors (Lipinski definition) is 1. The number of carbonyl (C=O) groups excluding carboxylic acids is 4. The van der Waals surface area contributed by atoms with E-state index in [0.29, 0.717) is 24.2 Å². The van der Waals surface area contributed by atoms with E-state index in [1.54, 1.807) is 24.3 Å². The van der Waals surface area contributed by atoms with Crippen LogP contribution >= 0.6 is 0 Å². The molecule has 3 amide bonds. The molecule has 4 rings (SSSR count). The summed E-state index contributed by atoms with van der Waals surface area (Å²) >= 11 is 0. The van der Waals surface area contributed by atoms with Crippen LogP contribution in [0.2, 0.25) is 0 Å². The number of nitrogens with zero attached hydrogens (tertiary/aromatic N) is 2. The molecule has 3 aliphatic rings. The smallest absolute Gasteiger partial charge is 0.354 e. The third-order valence-electron chi connectivity index (χ3n) is 6.20. The number of amides is 3. The first-order chi connectivity index (χ1) is 14.5. The van der Waals surface area contributed by atoms with Crippen molar-refractivity contribution in [3.05, 3.63) is 29.8 Å². The zero-order valence-electron chi connectivity index (χ0n) is 17.2. The molecule has 30 heavy (non-hydrogen) atoms. The molecule has 0 unspecified atom stereocenters. The summed E-state index contributed by atoms with van der Waals surface area (Å²) in [4.78, 5) is 54.5. The number of rotatable bonds is 6. The molecule has 0 aromatic heterocycles. The van der Waals surface area contributed by atoms with Crippen molar-refractivity contribution < 1.29 is 23.9 Å². The quantitative estimate of drug-likeness (QED) is 0.720. The fourth-order valence-electron chi connectivity index (χ4n) is 4.86. The summed E-state index contributed by atoms with van der Waals surface area (Å²) in [5.74, 6) is -1.62. The lowest BCUT2D eigenvalue weighted by Gasteiger charge is -2.48. The summed E-state index contributed by atoms with van der Waals surface area (Å²) in [5.41, 5.74) is -0.722. The number of carbonyl (C=O) groups is 4. The van der Waals surface area contributed by atoms with E-state index in [1.165, 1.54) is 9.80 Å². The van der Waals surface area contributed by atoms with Gasteiger partial charge in [-0.05, 0) is 31.4 Å². The largest absolute Gasteiger partial charge is 0.452 e. The van der Waals surface area contributed by atoms with E-state index in [-0.39, 0.29) is 36.6 Å². The van der Waals surface area contributed by atoms with Gasteiger partial charge in [-0.15, -0.1) is 0 Å². The Morgan fingerprint density at radius 2 is 1.93 bits per heavy atom. The second-order valence-electron chi connectivity index (χ2n) is 8.14. The van der Waals surface area contributed by atoms with E-state index in [2.05, 4.69) is 5.32 Å². The first kappa shape index (κ1) is 20.4. The van der Waals surface area contributed by atoms with Gasteiger partial charge in [0, 0.05) is 25.4 Å². The second-order valence-corrected chi connectivity index (χ2v) is 8.14. The highest BCUT2D eigenvalue weighted by Gasteiger charge is 2.61. The maximum Gasteiger partial charge on any atom is 0.354 e. The van der Waals surface area contributed by atoms with Crippen molar-refractivity contribution in [2.75, 3.05) is 18.1 Å². The summed E-state index contributed by atoms with van der Waals surface area (Å²) in [6.07, 6.45) is 4.92. The van der Waals surface area contributed by atoms with Crippen LogP contribution in [0.25, 0.3) is 0 Å². The van der Waals surface area contributed by atoms with Gasteiger partial charge < -0.3 is 15.0 Å². The number of esters is 1. The fourth-order valence-corrected chi connectivity index (χ4v) is 4.86. The number of benzene rings is 1. The minimum absolute atomic E-state index is 0.124. The van der Waals surface area contributed by atoms with Crippen LogP contribution in [0.3, 0.4) is 0 Å². The Morgan fingerprint density at radius 3 is 2.67 bits per heavy atom. The van der Waals surface area contributed by atoms with Gasteiger partial charge in [-0.2, -0.15) is 0 Å². The third kappa shape index (κ3) is 3.24. The minimum atomic E-state index is -1.54. The molecule has 0 bridgehead atoms. The van der Waals surface area contributed by atoms with Crippen molar-refractivity contribution in [3.8, 4) is 0 Å². The molecule has 1 saturated heterocycles. The first-order valence-electron chi connectivity index (χ1n) is 10.7. The number of anilines is 1. The molecule has 1 aliphatic carbocycles. The summed E-state index contributed by atoms with van der Waals surface area (Å²) < 4.78 is 5.41. The predicted molar refractivity (Wildman–Crippen MR) is 109 cm³/mol. The maximum absolute atomic E-state index is 13.3. The van der Waals surface area contributed by atoms with Gasteiger partial charge in [-0.25, -0.2) is 4.79 Å². The number of ether oxygens (including phenoxy) is 1. The Balaban J connectivity index is 1.61. The van der Waals surface area contributed by atoms with Crippen molar-refractivity contribution >= 4 is 29.4 Å². The van der Waals surface area contributed by atoms with Crippen molar-refractivity contribution in [1.82, 2.24) is 10.2 Å². The monoisotopic (exact) mass is 413 g/mol. The van der Waals surface area contributed by atoms with E-state index < -0.39 is 18.2 Å². The lowest BCUT2D eigenvalue weighted by atomic mass is 9.96. The molecule has 0 spiro atoms. The highest BCUT2D eigenvalue weighted by atomic mass is 16.5. The number of para-hydroxylation sites is 1. The van der Waals surface area contributed by atoms with Gasteiger partial charge in [0.1, 0.15) is 0 Å². The first-order valence-corrected chi connectivity index (χ1v) is 10.7. The maximum atomic E-state index is 13.3. The Labute approximate surface area is 175 Å². The number of fused-ring (bicyclic) bond motifs is 3. The molecule has 160 valence electrons. The summed E-state index contributed by atoms with van der Waals surface area (Å²) in [6, 6.07) is 6.93. The van der Waals surface area contributed by atoms with Crippen molar-refractivity contribution in [2.45, 2.75) is 63.6 Å². The van der Waals surface area contributed by atoms with Gasteiger partial charge in [0.25, 0.3) is 11.8 Å². The van der Waals surface area contributed by atoms with Crippen molar-refractivity contribution in [3.63, 3.8) is 0 Å². The average molecular weight is 413 g/mol. The van der Waals surface area contributed by atoms with Gasteiger partial charge in [-0.1, -0.05) is 31.9 Å². The molecule has 2 aliphatic heterocycles. The van der Waals surface area contributed by atoms with Crippen LogP contribution in [0.5, 0.6) is 0 Å². The number of hydrogen-bond acceptors (Lipinski definition) is 5. The van der Waals surface area contributed by atoms with E-state index >= 15 is 0 Å². The minimum Gasteiger partial charge on any atom is -0.452 e. The molecule has 1 aromatic rings. The summed E-state index contributed by atoms with van der Waals surface area (Å²) in [5, 5.41) is 2.89. The molecule has 1 saturated carbocycles. The van der Waals surface area contributed by atoms with Gasteiger partial charge in [-0.3, -0.25) is 19.3 Å². The van der Waals surface area contributed by atoms with E-state index in [1.807, 2.05) is 6.92 Å². The van der Waals surface area contributed by atoms with Crippen LogP contribution in [0.15, 0.2) is 24.3 Å². The van der Waals surface area contributed by atoms with Crippen LogP contribution in [0, 0.1) is 0 Å². The predicted octanol–water partition coefficient (Wildman–Crippen LogP) is 1.98. The standard InChI is InChI=1S/C22H27N3O5/c1-2-13-24-20(28)16-9-5-6-10-17(16)25-19(27)11-12-22(24,25)21(29)30-14-18(26)23-15-7-3-4-8-15/h5-6,9-10,15H,2-4,7-8,11-14H2,1H3,(H,23,26)/t22-/m1/s1. The van der Waals surface area contributed by atoms with Crippen LogP contribution in [-0.4, -0.2) is 53.4 Å². The molecule has 1 N–H and O–H groups in total. The number of nitrogens with one attached hydrogen (secondary N) is 1. The van der Waals surface area contributed by atoms with Gasteiger partial charge >= 0.3 is 5.97 Å². The SMILES string of the molecule is CCCN1C(=O)c2ccccc2N2C(=O)CC[C@@]12C(=O)OCC(=O)NC1CCCC1. The Bertz CT molecular complexity index is 879. The third-order valence-corrected chi connectivity index (χ3v) is 6.20. The molecule has 2 heterocycles. The van der Waals surface area contributed by atoms with Crippen LogP contribution < -0.4 is 10.2 Å². The molecular weight excluding hydrogens is 386 g/mol. The van der Waals surface area contributed by atoms with E-state index in [9.17, 15) is 19.2 Å². The Kier molecular flexibility index (Phi) is 5.49. The highest BCUT2D eigenvalue weighted by molar-refractivity contribution is 6.15. The Morgan fingerprint density at radius 1 is 1.20 bits per heavy atom. The fraction of sp³-hybridized carbons (Fsp3) is 0.545. The van der Waals surface area contributed by atoms with Crippen LogP contribution in [-0.2, 0) is 19.1 Å². The van der Waals surface area contributed by atoms with Gasteiger partial charge in [0.05, 0.1) is 11.3 Å². The summed E-state index contributed by atoms with van der Waals surface area (Å²) in [7, 11) is 0.